The lowest BCUT2D eigenvalue weighted by Gasteiger charge is -2.17. The Hall–Kier alpha value is -3.55. The Morgan fingerprint density at radius 3 is 2.53 bits per heavy atom. The number of halogens is 1. The largest absolute Gasteiger partial charge is 0.486 e. The van der Waals surface area contributed by atoms with Crippen LogP contribution in [0.25, 0.3) is 11.0 Å². The molecule has 7 heteroatoms. The Balaban J connectivity index is 1.74. The average molecular weight is 434 g/mol. The van der Waals surface area contributed by atoms with E-state index in [-0.39, 0.29) is 30.3 Å². The minimum absolute atomic E-state index is 0.0194. The van der Waals surface area contributed by atoms with Gasteiger partial charge in [-0.1, -0.05) is 42.5 Å². The molecule has 0 spiro atoms. The number of nitrogens with zero attached hydrogens (tertiary/aromatic N) is 1. The van der Waals surface area contributed by atoms with Crippen LogP contribution in [0.2, 0.25) is 0 Å². The number of aliphatic hydroxyl groups excluding tert-OH is 1. The second-order valence-electron chi connectivity index (χ2n) is 7.32. The van der Waals surface area contributed by atoms with Gasteiger partial charge in [-0.05, 0) is 48.2 Å². The summed E-state index contributed by atoms with van der Waals surface area (Å²) in [5.74, 6) is -0.114. The fourth-order valence-electron chi connectivity index (χ4n) is 3.48. The van der Waals surface area contributed by atoms with E-state index in [9.17, 15) is 14.3 Å². The standard InChI is InChI=1S/C25H23FN2O4/c1-2-31-25(30)21-23(32-15-17-6-4-3-5-7-17)22-20(28-24(21)29)13-18(14-27-22)12-16-8-10-19(26)11-9-16/h3-11,13-14,25,30H,2,12,15H2,1H3,(H,28,29). The van der Waals surface area contributed by atoms with Crippen LogP contribution >= 0.6 is 0 Å². The number of aromatic nitrogens is 2. The van der Waals surface area contributed by atoms with Crippen molar-refractivity contribution in [2.75, 3.05) is 6.61 Å². The number of aliphatic hydroxyl groups is 1. The van der Waals surface area contributed by atoms with E-state index in [1.165, 1.54) is 12.1 Å². The molecule has 0 saturated heterocycles. The fraction of sp³-hybridized carbons (Fsp3) is 0.200. The third-order valence-corrected chi connectivity index (χ3v) is 5.02. The Kier molecular flexibility index (Phi) is 6.58. The number of pyridine rings is 2. The van der Waals surface area contributed by atoms with Crippen molar-refractivity contribution >= 4 is 11.0 Å². The summed E-state index contributed by atoms with van der Waals surface area (Å²) >= 11 is 0. The molecular formula is C25H23FN2O4. The quantitative estimate of drug-likeness (QED) is 0.405. The van der Waals surface area contributed by atoms with Gasteiger partial charge in [0.2, 0.25) is 0 Å². The van der Waals surface area contributed by atoms with Gasteiger partial charge in [-0.3, -0.25) is 9.78 Å². The Labute approximate surface area is 184 Å². The highest BCUT2D eigenvalue weighted by molar-refractivity contribution is 5.82. The molecule has 1 unspecified atom stereocenters. The van der Waals surface area contributed by atoms with Crippen molar-refractivity contribution in [2.24, 2.45) is 0 Å². The second kappa shape index (κ2) is 9.72. The van der Waals surface area contributed by atoms with Gasteiger partial charge < -0.3 is 19.6 Å². The highest BCUT2D eigenvalue weighted by atomic mass is 19.1. The normalized spacial score (nSPS) is 12.1. The lowest BCUT2D eigenvalue weighted by molar-refractivity contribution is -0.0999. The molecule has 0 aliphatic carbocycles. The number of rotatable bonds is 8. The SMILES string of the molecule is CCOC(O)c1c(OCc2ccccc2)c2ncc(Cc3ccc(F)cc3)cc2[nH]c1=O. The van der Waals surface area contributed by atoms with E-state index in [2.05, 4.69) is 9.97 Å². The van der Waals surface area contributed by atoms with Gasteiger partial charge in [-0.25, -0.2) is 4.39 Å². The summed E-state index contributed by atoms with van der Waals surface area (Å²) in [6, 6.07) is 17.5. The van der Waals surface area contributed by atoms with Gasteiger partial charge in [-0.15, -0.1) is 0 Å². The van der Waals surface area contributed by atoms with Gasteiger partial charge in [0.05, 0.1) is 5.52 Å². The Morgan fingerprint density at radius 1 is 1.06 bits per heavy atom. The third kappa shape index (κ3) is 4.85. The molecule has 2 N–H and O–H groups in total. The number of H-pyrrole nitrogens is 1. The van der Waals surface area contributed by atoms with Crippen molar-refractivity contribution in [3.05, 3.63) is 105 Å². The molecule has 0 aliphatic rings. The van der Waals surface area contributed by atoms with Gasteiger partial charge in [-0.2, -0.15) is 0 Å². The molecule has 2 heterocycles. The Morgan fingerprint density at radius 2 is 1.81 bits per heavy atom. The molecule has 4 rings (SSSR count). The molecule has 0 fully saturated rings. The number of fused-ring (bicyclic) bond motifs is 1. The minimum Gasteiger partial charge on any atom is -0.486 e. The first-order valence-corrected chi connectivity index (χ1v) is 10.3. The molecule has 0 radical (unpaired) electrons. The van der Waals surface area contributed by atoms with Crippen molar-refractivity contribution in [3.63, 3.8) is 0 Å². The molecule has 0 saturated carbocycles. The summed E-state index contributed by atoms with van der Waals surface area (Å²) in [5.41, 5.74) is 3.02. The zero-order chi connectivity index (χ0) is 22.5. The first kappa shape index (κ1) is 21.7. The van der Waals surface area contributed by atoms with Crippen molar-refractivity contribution < 1.29 is 19.0 Å². The zero-order valence-corrected chi connectivity index (χ0v) is 17.5. The van der Waals surface area contributed by atoms with Gasteiger partial charge in [0, 0.05) is 12.8 Å². The van der Waals surface area contributed by atoms with Crippen molar-refractivity contribution in [1.29, 1.82) is 0 Å². The van der Waals surface area contributed by atoms with Crippen molar-refractivity contribution in [3.8, 4) is 5.75 Å². The highest BCUT2D eigenvalue weighted by Gasteiger charge is 2.23. The van der Waals surface area contributed by atoms with E-state index in [1.54, 1.807) is 31.3 Å². The number of ether oxygens (including phenoxy) is 2. The van der Waals surface area contributed by atoms with Crippen LogP contribution in [0.5, 0.6) is 5.75 Å². The molecule has 6 nitrogen and oxygen atoms in total. The number of hydrogen-bond donors (Lipinski definition) is 2. The number of hydrogen-bond acceptors (Lipinski definition) is 5. The van der Waals surface area contributed by atoms with Crippen LogP contribution in [0, 0.1) is 5.82 Å². The van der Waals surface area contributed by atoms with E-state index >= 15 is 0 Å². The first-order valence-electron chi connectivity index (χ1n) is 10.3. The molecule has 2 aromatic heterocycles. The van der Waals surface area contributed by atoms with E-state index < -0.39 is 11.8 Å². The molecule has 0 bridgehead atoms. The van der Waals surface area contributed by atoms with Crippen molar-refractivity contribution in [2.45, 2.75) is 26.2 Å². The first-order chi connectivity index (χ1) is 15.5. The Bertz CT molecular complexity index is 1260. The molecular weight excluding hydrogens is 411 g/mol. The molecule has 2 aromatic carbocycles. The minimum atomic E-state index is -1.44. The predicted molar refractivity (Wildman–Crippen MR) is 119 cm³/mol. The summed E-state index contributed by atoms with van der Waals surface area (Å²) in [7, 11) is 0. The maximum absolute atomic E-state index is 13.2. The van der Waals surface area contributed by atoms with Crippen LogP contribution < -0.4 is 10.3 Å². The van der Waals surface area contributed by atoms with E-state index in [4.69, 9.17) is 9.47 Å². The number of benzene rings is 2. The fourth-order valence-corrected chi connectivity index (χ4v) is 3.48. The van der Waals surface area contributed by atoms with Crippen LogP contribution in [0.4, 0.5) is 4.39 Å². The zero-order valence-electron chi connectivity index (χ0n) is 17.5. The third-order valence-electron chi connectivity index (χ3n) is 5.02. The smallest absolute Gasteiger partial charge is 0.260 e. The van der Waals surface area contributed by atoms with Crippen molar-refractivity contribution in [1.82, 2.24) is 9.97 Å². The van der Waals surface area contributed by atoms with E-state index in [1.807, 2.05) is 30.3 Å². The van der Waals surface area contributed by atoms with Crippen LogP contribution in [0.15, 0.2) is 71.7 Å². The molecule has 1 atom stereocenters. The second-order valence-corrected chi connectivity index (χ2v) is 7.32. The van der Waals surface area contributed by atoms with Gasteiger partial charge in [0.25, 0.3) is 5.56 Å². The lowest BCUT2D eigenvalue weighted by atomic mass is 10.1. The van der Waals surface area contributed by atoms with Gasteiger partial charge in [0.15, 0.2) is 12.0 Å². The van der Waals surface area contributed by atoms with Crippen LogP contribution in [-0.2, 0) is 17.8 Å². The average Bonchev–Trinajstić information content (AvgIpc) is 2.79. The number of nitrogens with one attached hydrogen (secondary N) is 1. The molecule has 0 aliphatic heterocycles. The van der Waals surface area contributed by atoms with E-state index in [0.717, 1.165) is 16.7 Å². The predicted octanol–water partition coefficient (Wildman–Crippen LogP) is 4.26. The summed E-state index contributed by atoms with van der Waals surface area (Å²) in [4.78, 5) is 20.1. The maximum atomic E-state index is 13.2. The van der Waals surface area contributed by atoms with Crippen LogP contribution in [-0.4, -0.2) is 21.7 Å². The lowest BCUT2D eigenvalue weighted by Crippen LogP contribution is -2.21. The highest BCUT2D eigenvalue weighted by Crippen LogP contribution is 2.30. The summed E-state index contributed by atoms with van der Waals surface area (Å²) in [6.45, 7) is 2.15. The van der Waals surface area contributed by atoms with Gasteiger partial charge in [0.1, 0.15) is 23.5 Å². The summed E-state index contributed by atoms with van der Waals surface area (Å²) < 4.78 is 24.4. The molecule has 0 amide bonds. The summed E-state index contributed by atoms with van der Waals surface area (Å²) in [6.07, 6.45) is 0.755. The number of aromatic amines is 1. The molecule has 4 aromatic rings. The topological polar surface area (TPSA) is 84.4 Å². The maximum Gasteiger partial charge on any atom is 0.260 e. The molecule has 164 valence electrons. The van der Waals surface area contributed by atoms with Gasteiger partial charge >= 0.3 is 0 Å². The summed E-state index contributed by atoms with van der Waals surface area (Å²) in [5, 5.41) is 10.4. The monoisotopic (exact) mass is 434 g/mol. The van der Waals surface area contributed by atoms with Crippen LogP contribution in [0.3, 0.4) is 0 Å². The van der Waals surface area contributed by atoms with Crippen LogP contribution in [0.1, 0.15) is 35.5 Å². The van der Waals surface area contributed by atoms with E-state index in [0.29, 0.717) is 17.5 Å². The molecule has 32 heavy (non-hydrogen) atoms.